The van der Waals surface area contributed by atoms with Crippen LogP contribution in [0.15, 0.2) is 53.3 Å². The largest absolute Gasteiger partial charge is 0.469 e. The third-order valence-corrected chi connectivity index (χ3v) is 3.33. The molecule has 22 heavy (non-hydrogen) atoms. The number of benzene rings is 1. The van der Waals surface area contributed by atoms with E-state index < -0.39 is 0 Å². The Bertz CT molecular complexity index is 790. The lowest BCUT2D eigenvalue weighted by atomic mass is 10.2. The lowest BCUT2D eigenvalue weighted by Crippen LogP contribution is -2.41. The zero-order valence-corrected chi connectivity index (χ0v) is 11.8. The maximum atomic E-state index is 12.1. The quantitative estimate of drug-likeness (QED) is 0.645. The van der Waals surface area contributed by atoms with Gasteiger partial charge < -0.3 is 9.40 Å². The fourth-order valence-corrected chi connectivity index (χ4v) is 2.21. The Hall–Kier alpha value is -3.02. The number of aryl methyl sites for hydroxylation is 1. The maximum Gasteiger partial charge on any atom is 0.271 e. The van der Waals surface area contributed by atoms with Crippen molar-refractivity contribution in [3.05, 3.63) is 60.2 Å². The molecule has 3 N–H and O–H groups in total. The van der Waals surface area contributed by atoms with Crippen LogP contribution < -0.4 is 10.9 Å². The predicted molar refractivity (Wildman–Crippen MR) is 80.9 cm³/mol. The number of fused-ring (bicyclic) bond motifs is 1. The second-order valence-electron chi connectivity index (χ2n) is 4.83. The number of amides is 2. The predicted octanol–water partition coefficient (Wildman–Crippen LogP) is 2.15. The SMILES string of the molecule is O=C(CCc1ccco1)NNC(=O)c1c[nH]c2ccccc12. The highest BCUT2D eigenvalue weighted by molar-refractivity contribution is 6.07. The van der Waals surface area contributed by atoms with Gasteiger partial charge in [0.05, 0.1) is 11.8 Å². The molecule has 3 rings (SSSR count). The first-order chi connectivity index (χ1) is 10.7. The molecule has 0 saturated carbocycles. The molecule has 3 aromatic rings. The van der Waals surface area contributed by atoms with Crippen molar-refractivity contribution >= 4 is 22.7 Å². The number of hydrogen-bond donors (Lipinski definition) is 3. The number of carbonyl (C=O) groups is 2. The van der Waals surface area contributed by atoms with Crippen LogP contribution in [0.5, 0.6) is 0 Å². The zero-order chi connectivity index (χ0) is 15.4. The minimum Gasteiger partial charge on any atom is -0.469 e. The molecule has 2 heterocycles. The standard InChI is InChI=1S/C16H15N3O3/c20-15(8-7-11-4-3-9-22-11)18-19-16(21)13-10-17-14-6-2-1-5-12(13)14/h1-6,9-10,17H,7-8H2,(H,18,20)(H,19,21). The van der Waals surface area contributed by atoms with Crippen LogP contribution >= 0.6 is 0 Å². The average Bonchev–Trinajstić information content (AvgIpc) is 3.19. The van der Waals surface area contributed by atoms with Gasteiger partial charge in [0, 0.05) is 29.9 Å². The van der Waals surface area contributed by atoms with Gasteiger partial charge in [-0.15, -0.1) is 0 Å². The van der Waals surface area contributed by atoms with Gasteiger partial charge in [-0.3, -0.25) is 20.4 Å². The summed E-state index contributed by atoms with van der Waals surface area (Å²) in [5.74, 6) is 0.103. The summed E-state index contributed by atoms with van der Waals surface area (Å²) < 4.78 is 5.15. The normalized spacial score (nSPS) is 10.5. The smallest absolute Gasteiger partial charge is 0.271 e. The van der Waals surface area contributed by atoms with E-state index in [1.807, 2.05) is 24.3 Å². The number of aromatic nitrogens is 1. The second kappa shape index (κ2) is 6.17. The molecule has 0 atom stereocenters. The molecule has 0 saturated heterocycles. The Morgan fingerprint density at radius 3 is 2.77 bits per heavy atom. The third-order valence-electron chi connectivity index (χ3n) is 3.33. The van der Waals surface area contributed by atoms with Gasteiger partial charge in [0.15, 0.2) is 0 Å². The molecule has 6 nitrogen and oxygen atoms in total. The van der Waals surface area contributed by atoms with Crippen molar-refractivity contribution in [1.82, 2.24) is 15.8 Å². The number of hydrogen-bond acceptors (Lipinski definition) is 3. The molecule has 0 unspecified atom stereocenters. The van der Waals surface area contributed by atoms with E-state index in [1.54, 1.807) is 24.6 Å². The lowest BCUT2D eigenvalue weighted by molar-refractivity contribution is -0.121. The Balaban J connectivity index is 1.54. The van der Waals surface area contributed by atoms with E-state index in [0.29, 0.717) is 12.0 Å². The van der Waals surface area contributed by atoms with Gasteiger partial charge in [-0.05, 0) is 18.2 Å². The van der Waals surface area contributed by atoms with Crippen molar-refractivity contribution in [1.29, 1.82) is 0 Å². The first-order valence-corrected chi connectivity index (χ1v) is 6.92. The van der Waals surface area contributed by atoms with Gasteiger partial charge in [-0.2, -0.15) is 0 Å². The number of carbonyl (C=O) groups excluding carboxylic acids is 2. The van der Waals surface area contributed by atoms with Gasteiger partial charge in [-0.25, -0.2) is 0 Å². The molecule has 0 fully saturated rings. The summed E-state index contributed by atoms with van der Waals surface area (Å²) in [4.78, 5) is 26.8. The van der Waals surface area contributed by atoms with Crippen molar-refractivity contribution in [2.45, 2.75) is 12.8 Å². The monoisotopic (exact) mass is 297 g/mol. The van der Waals surface area contributed by atoms with E-state index in [4.69, 9.17) is 4.42 Å². The molecule has 0 spiro atoms. The van der Waals surface area contributed by atoms with Crippen LogP contribution in [0.4, 0.5) is 0 Å². The molecule has 6 heteroatoms. The van der Waals surface area contributed by atoms with Crippen LogP contribution in [0.2, 0.25) is 0 Å². The van der Waals surface area contributed by atoms with E-state index >= 15 is 0 Å². The summed E-state index contributed by atoms with van der Waals surface area (Å²) >= 11 is 0. The molecule has 0 aliphatic carbocycles. The fraction of sp³-hybridized carbons (Fsp3) is 0.125. The van der Waals surface area contributed by atoms with E-state index in [0.717, 1.165) is 16.7 Å². The summed E-state index contributed by atoms with van der Waals surface area (Å²) in [6, 6.07) is 11.0. The van der Waals surface area contributed by atoms with E-state index in [2.05, 4.69) is 15.8 Å². The molecule has 0 aliphatic rings. The molecule has 0 bridgehead atoms. The van der Waals surface area contributed by atoms with Crippen LogP contribution in [0.3, 0.4) is 0 Å². The van der Waals surface area contributed by atoms with E-state index in [-0.39, 0.29) is 18.2 Å². The minimum absolute atomic E-state index is 0.238. The molecule has 2 aromatic heterocycles. The molecular weight excluding hydrogens is 282 g/mol. The highest BCUT2D eigenvalue weighted by Gasteiger charge is 2.12. The molecule has 2 amide bonds. The van der Waals surface area contributed by atoms with Crippen LogP contribution in [-0.2, 0) is 11.2 Å². The highest BCUT2D eigenvalue weighted by Crippen LogP contribution is 2.17. The van der Waals surface area contributed by atoms with Crippen molar-refractivity contribution in [2.75, 3.05) is 0 Å². The topological polar surface area (TPSA) is 87.1 Å². The van der Waals surface area contributed by atoms with E-state index in [9.17, 15) is 9.59 Å². The summed E-state index contributed by atoms with van der Waals surface area (Å²) in [5, 5.41) is 0.810. The minimum atomic E-state index is -0.358. The van der Waals surface area contributed by atoms with Gasteiger partial charge >= 0.3 is 0 Å². The Kier molecular flexibility index (Phi) is 3.91. The van der Waals surface area contributed by atoms with Crippen LogP contribution in [-0.4, -0.2) is 16.8 Å². The van der Waals surface area contributed by atoms with Crippen molar-refractivity contribution < 1.29 is 14.0 Å². The Morgan fingerprint density at radius 2 is 1.95 bits per heavy atom. The molecular formula is C16H15N3O3. The van der Waals surface area contributed by atoms with Crippen molar-refractivity contribution in [2.24, 2.45) is 0 Å². The van der Waals surface area contributed by atoms with Crippen LogP contribution in [0, 0.1) is 0 Å². The number of aromatic amines is 1. The van der Waals surface area contributed by atoms with Crippen LogP contribution in [0.1, 0.15) is 22.5 Å². The third kappa shape index (κ3) is 3.01. The summed E-state index contributed by atoms with van der Waals surface area (Å²) in [6.07, 6.45) is 3.91. The average molecular weight is 297 g/mol. The van der Waals surface area contributed by atoms with Gasteiger partial charge in [0.25, 0.3) is 5.91 Å². The van der Waals surface area contributed by atoms with Gasteiger partial charge in [0.1, 0.15) is 5.76 Å². The number of H-pyrrole nitrogens is 1. The molecule has 0 radical (unpaired) electrons. The number of rotatable bonds is 4. The fourth-order valence-electron chi connectivity index (χ4n) is 2.21. The molecule has 112 valence electrons. The van der Waals surface area contributed by atoms with Crippen molar-refractivity contribution in [3.8, 4) is 0 Å². The molecule has 0 aliphatic heterocycles. The van der Waals surface area contributed by atoms with Gasteiger partial charge in [0.2, 0.25) is 5.91 Å². The first-order valence-electron chi connectivity index (χ1n) is 6.92. The second-order valence-corrected chi connectivity index (χ2v) is 4.83. The number of para-hydroxylation sites is 1. The Morgan fingerprint density at radius 1 is 1.09 bits per heavy atom. The van der Waals surface area contributed by atoms with Gasteiger partial charge in [-0.1, -0.05) is 18.2 Å². The number of hydrazine groups is 1. The molecule has 1 aromatic carbocycles. The number of nitrogens with one attached hydrogen (secondary N) is 3. The van der Waals surface area contributed by atoms with Crippen molar-refractivity contribution in [3.63, 3.8) is 0 Å². The summed E-state index contributed by atoms with van der Waals surface area (Å²) in [7, 11) is 0. The zero-order valence-electron chi connectivity index (χ0n) is 11.8. The Labute approximate surface area is 126 Å². The maximum absolute atomic E-state index is 12.1. The first kappa shape index (κ1) is 13.9. The lowest BCUT2D eigenvalue weighted by Gasteiger charge is -2.06. The van der Waals surface area contributed by atoms with E-state index in [1.165, 1.54) is 0 Å². The summed E-state index contributed by atoms with van der Waals surface area (Å²) in [6.45, 7) is 0. The highest BCUT2D eigenvalue weighted by atomic mass is 16.3. The number of furan rings is 1. The van der Waals surface area contributed by atoms with Crippen LogP contribution in [0.25, 0.3) is 10.9 Å². The summed E-state index contributed by atoms with van der Waals surface area (Å²) in [5.41, 5.74) is 6.18.